The van der Waals surface area contributed by atoms with E-state index in [9.17, 15) is 31.1 Å². The first-order valence-electron chi connectivity index (χ1n) is 5.06. The van der Waals surface area contributed by atoms with Crippen molar-refractivity contribution in [3.05, 3.63) is 23.9 Å². The second-order valence-corrected chi connectivity index (χ2v) is 3.74. The highest BCUT2D eigenvalue weighted by atomic mass is 19.4. The number of carboxylic acids is 1. The van der Waals surface area contributed by atoms with Crippen LogP contribution in [0.2, 0.25) is 0 Å². The lowest BCUT2D eigenvalue weighted by molar-refractivity contribution is -0.140. The van der Waals surface area contributed by atoms with Crippen LogP contribution in [0, 0.1) is 0 Å². The van der Waals surface area contributed by atoms with Crippen LogP contribution in [0.25, 0.3) is 0 Å². The SMILES string of the molecule is O=C(O)CN(CC(F)(F)F)c1ncccc1C(F)(F)F. The van der Waals surface area contributed by atoms with E-state index < -0.39 is 42.8 Å². The van der Waals surface area contributed by atoms with Crippen molar-refractivity contribution in [1.29, 1.82) is 0 Å². The summed E-state index contributed by atoms with van der Waals surface area (Å²) in [6, 6.07) is 1.44. The molecule has 1 heterocycles. The Kier molecular flexibility index (Phi) is 4.46. The number of carboxylic acid groups (broad SMARTS) is 1. The molecule has 0 aliphatic heterocycles. The molecule has 1 rings (SSSR count). The van der Waals surface area contributed by atoms with E-state index >= 15 is 0 Å². The van der Waals surface area contributed by atoms with Crippen LogP contribution in [-0.4, -0.2) is 35.3 Å². The van der Waals surface area contributed by atoms with E-state index in [0.717, 1.165) is 12.3 Å². The fraction of sp³-hybridized carbons (Fsp3) is 0.400. The number of nitrogens with zero attached hydrogens (tertiary/aromatic N) is 2. The molecule has 0 aliphatic carbocycles. The second-order valence-electron chi connectivity index (χ2n) is 3.74. The van der Waals surface area contributed by atoms with Crippen molar-refractivity contribution in [2.45, 2.75) is 12.4 Å². The number of halogens is 6. The van der Waals surface area contributed by atoms with E-state index in [2.05, 4.69) is 4.98 Å². The van der Waals surface area contributed by atoms with Crippen molar-refractivity contribution in [2.75, 3.05) is 18.0 Å². The summed E-state index contributed by atoms with van der Waals surface area (Å²) in [5.41, 5.74) is -1.43. The fourth-order valence-electron chi connectivity index (χ4n) is 1.46. The summed E-state index contributed by atoms with van der Waals surface area (Å²) < 4.78 is 75.0. The first kappa shape index (κ1) is 16.1. The van der Waals surface area contributed by atoms with Gasteiger partial charge in [-0.25, -0.2) is 4.98 Å². The van der Waals surface area contributed by atoms with Crippen LogP contribution in [0.4, 0.5) is 32.2 Å². The lowest BCUT2D eigenvalue weighted by Crippen LogP contribution is -2.39. The molecule has 0 fully saturated rings. The third-order valence-electron chi connectivity index (χ3n) is 2.09. The summed E-state index contributed by atoms with van der Waals surface area (Å²) in [5, 5.41) is 8.52. The minimum atomic E-state index is -4.94. The molecule has 0 unspecified atom stereocenters. The molecule has 0 atom stereocenters. The maximum Gasteiger partial charge on any atom is 0.419 e. The zero-order chi connectivity index (χ0) is 15.6. The van der Waals surface area contributed by atoms with Crippen LogP contribution in [0.3, 0.4) is 0 Å². The molecule has 0 radical (unpaired) electrons. The number of alkyl halides is 6. The predicted octanol–water partition coefficient (Wildman–Crippen LogP) is 2.55. The molecular formula is C10H8F6N2O2. The van der Waals surface area contributed by atoms with Gasteiger partial charge in [-0.05, 0) is 12.1 Å². The Morgan fingerprint density at radius 3 is 2.30 bits per heavy atom. The lowest BCUT2D eigenvalue weighted by Gasteiger charge is -2.25. The molecule has 0 spiro atoms. The Labute approximate surface area is 108 Å². The molecule has 0 amide bonds. The van der Waals surface area contributed by atoms with Gasteiger partial charge in [0, 0.05) is 6.20 Å². The highest BCUT2D eigenvalue weighted by Gasteiger charge is 2.39. The van der Waals surface area contributed by atoms with E-state index in [1.165, 1.54) is 0 Å². The molecule has 0 saturated heterocycles. The molecule has 0 bridgehead atoms. The Morgan fingerprint density at radius 1 is 1.25 bits per heavy atom. The summed E-state index contributed by atoms with van der Waals surface area (Å²) in [6.07, 6.45) is -8.95. The van der Waals surface area contributed by atoms with Gasteiger partial charge in [-0.2, -0.15) is 26.3 Å². The molecule has 10 heteroatoms. The Bertz CT molecular complexity index is 485. The summed E-state index contributed by atoms with van der Waals surface area (Å²) in [4.78, 5) is 13.8. The van der Waals surface area contributed by atoms with E-state index in [1.807, 2.05) is 0 Å². The Hall–Kier alpha value is -2.00. The molecule has 0 aromatic carbocycles. The number of aromatic nitrogens is 1. The predicted molar refractivity (Wildman–Crippen MR) is 55.1 cm³/mol. The van der Waals surface area contributed by atoms with E-state index in [1.54, 1.807) is 0 Å². The Balaban J connectivity index is 3.23. The third kappa shape index (κ3) is 4.59. The van der Waals surface area contributed by atoms with Crippen molar-refractivity contribution in [2.24, 2.45) is 0 Å². The first-order valence-corrected chi connectivity index (χ1v) is 5.06. The fourth-order valence-corrected chi connectivity index (χ4v) is 1.46. The van der Waals surface area contributed by atoms with Gasteiger partial charge in [-0.1, -0.05) is 0 Å². The summed E-state index contributed by atoms with van der Waals surface area (Å²) in [5.74, 6) is -2.77. The highest BCUT2D eigenvalue weighted by molar-refractivity contribution is 5.73. The zero-order valence-corrected chi connectivity index (χ0v) is 9.66. The average Bonchev–Trinajstić information content (AvgIpc) is 2.24. The summed E-state index contributed by atoms with van der Waals surface area (Å²) >= 11 is 0. The number of anilines is 1. The topological polar surface area (TPSA) is 53.4 Å². The van der Waals surface area contributed by atoms with Crippen molar-refractivity contribution >= 4 is 11.8 Å². The van der Waals surface area contributed by atoms with Gasteiger partial charge in [0.1, 0.15) is 18.9 Å². The first-order chi connectivity index (χ1) is 9.00. The minimum Gasteiger partial charge on any atom is -0.480 e. The highest BCUT2D eigenvalue weighted by Crippen LogP contribution is 2.35. The number of aliphatic carboxylic acids is 1. The Morgan fingerprint density at radius 2 is 1.85 bits per heavy atom. The number of rotatable bonds is 4. The molecule has 1 aromatic heterocycles. The molecule has 112 valence electrons. The smallest absolute Gasteiger partial charge is 0.419 e. The summed E-state index contributed by atoms with van der Waals surface area (Å²) in [6.45, 7) is -3.10. The van der Waals surface area contributed by atoms with Crippen LogP contribution < -0.4 is 4.90 Å². The number of carbonyl (C=O) groups is 1. The second kappa shape index (κ2) is 5.55. The van der Waals surface area contributed by atoms with E-state index in [-0.39, 0.29) is 4.90 Å². The molecule has 4 nitrogen and oxygen atoms in total. The molecule has 20 heavy (non-hydrogen) atoms. The van der Waals surface area contributed by atoms with Crippen molar-refractivity contribution in [1.82, 2.24) is 4.98 Å². The third-order valence-corrected chi connectivity index (χ3v) is 2.09. The van der Waals surface area contributed by atoms with Crippen LogP contribution in [0.1, 0.15) is 5.56 Å². The van der Waals surface area contributed by atoms with E-state index in [4.69, 9.17) is 5.11 Å². The number of hydrogen-bond donors (Lipinski definition) is 1. The summed E-state index contributed by atoms with van der Waals surface area (Å²) in [7, 11) is 0. The van der Waals surface area contributed by atoms with Crippen LogP contribution in [-0.2, 0) is 11.0 Å². The van der Waals surface area contributed by atoms with Crippen molar-refractivity contribution in [3.8, 4) is 0 Å². The van der Waals surface area contributed by atoms with Crippen LogP contribution >= 0.6 is 0 Å². The maximum absolute atomic E-state index is 12.7. The number of pyridine rings is 1. The van der Waals surface area contributed by atoms with Gasteiger partial charge in [-0.3, -0.25) is 4.79 Å². The largest absolute Gasteiger partial charge is 0.480 e. The van der Waals surface area contributed by atoms with Gasteiger partial charge in [0.05, 0.1) is 5.56 Å². The lowest BCUT2D eigenvalue weighted by atomic mass is 10.2. The zero-order valence-electron chi connectivity index (χ0n) is 9.66. The minimum absolute atomic E-state index is 0.0190. The van der Waals surface area contributed by atoms with E-state index in [0.29, 0.717) is 6.07 Å². The monoisotopic (exact) mass is 302 g/mol. The van der Waals surface area contributed by atoms with Crippen molar-refractivity contribution in [3.63, 3.8) is 0 Å². The number of hydrogen-bond acceptors (Lipinski definition) is 3. The molecule has 0 saturated carbocycles. The standard InChI is InChI=1S/C10H8F6N2O2/c11-9(12,13)5-18(4-7(19)20)8-6(10(14,15)16)2-1-3-17-8/h1-3H,4-5H2,(H,19,20). The average molecular weight is 302 g/mol. The van der Waals surface area contributed by atoms with Gasteiger partial charge < -0.3 is 10.0 Å². The maximum atomic E-state index is 12.7. The van der Waals surface area contributed by atoms with Gasteiger partial charge in [0.2, 0.25) is 0 Å². The van der Waals surface area contributed by atoms with Crippen LogP contribution in [0.5, 0.6) is 0 Å². The van der Waals surface area contributed by atoms with Gasteiger partial charge >= 0.3 is 18.3 Å². The molecule has 0 aliphatic rings. The van der Waals surface area contributed by atoms with Crippen LogP contribution in [0.15, 0.2) is 18.3 Å². The van der Waals surface area contributed by atoms with Crippen molar-refractivity contribution < 1.29 is 36.2 Å². The normalized spacial score (nSPS) is 12.3. The van der Waals surface area contributed by atoms with Gasteiger partial charge in [0.25, 0.3) is 0 Å². The molecule has 1 aromatic rings. The quantitative estimate of drug-likeness (QED) is 0.869. The van der Waals surface area contributed by atoms with Gasteiger partial charge in [-0.15, -0.1) is 0 Å². The van der Waals surface area contributed by atoms with Gasteiger partial charge in [0.15, 0.2) is 0 Å². The molecular weight excluding hydrogens is 294 g/mol. The molecule has 1 N–H and O–H groups in total.